The zero-order chi connectivity index (χ0) is 12.7. The molecule has 0 aromatic carbocycles. The van der Waals surface area contributed by atoms with Gasteiger partial charge in [-0.1, -0.05) is 6.08 Å². The van der Waals surface area contributed by atoms with Crippen LogP contribution in [0.25, 0.3) is 0 Å². The van der Waals surface area contributed by atoms with E-state index >= 15 is 0 Å². The van der Waals surface area contributed by atoms with E-state index in [2.05, 4.69) is 23.8 Å². The molecule has 1 N–H and O–H groups in total. The zero-order valence-corrected chi connectivity index (χ0v) is 10.9. The molecule has 0 aromatic rings. The van der Waals surface area contributed by atoms with Crippen LogP contribution in [0.3, 0.4) is 0 Å². The Morgan fingerprint density at radius 3 is 3.06 bits per heavy atom. The molecule has 1 aliphatic rings. The van der Waals surface area contributed by atoms with E-state index in [9.17, 15) is 4.79 Å². The fourth-order valence-corrected chi connectivity index (χ4v) is 1.99. The molecule has 0 spiro atoms. The summed E-state index contributed by atoms with van der Waals surface area (Å²) in [6.45, 7) is 8.93. The van der Waals surface area contributed by atoms with Crippen molar-refractivity contribution >= 4 is 5.91 Å². The Morgan fingerprint density at radius 1 is 1.71 bits per heavy atom. The SMILES string of the molecule is C=CCCO[C@H](C)C(=O)NC[C@@H]1CCN(C)C1. The Kier molecular flexibility index (Phi) is 6.22. The van der Waals surface area contributed by atoms with Crippen LogP contribution in [0.2, 0.25) is 0 Å². The molecule has 0 aliphatic carbocycles. The zero-order valence-electron chi connectivity index (χ0n) is 10.9. The van der Waals surface area contributed by atoms with Crippen molar-refractivity contribution in [3.63, 3.8) is 0 Å². The molecule has 4 heteroatoms. The first-order valence-electron chi connectivity index (χ1n) is 6.32. The third-order valence-corrected chi connectivity index (χ3v) is 3.11. The van der Waals surface area contributed by atoms with E-state index in [-0.39, 0.29) is 12.0 Å². The minimum absolute atomic E-state index is 0.0105. The molecule has 1 fully saturated rings. The van der Waals surface area contributed by atoms with Crippen LogP contribution in [0.1, 0.15) is 19.8 Å². The van der Waals surface area contributed by atoms with E-state index < -0.39 is 0 Å². The summed E-state index contributed by atoms with van der Waals surface area (Å²) in [5.41, 5.74) is 0. The van der Waals surface area contributed by atoms with Gasteiger partial charge in [0, 0.05) is 13.1 Å². The third kappa shape index (κ3) is 5.33. The third-order valence-electron chi connectivity index (χ3n) is 3.11. The summed E-state index contributed by atoms with van der Waals surface area (Å²) in [6.07, 6.45) is 3.38. The molecule has 2 atom stereocenters. The van der Waals surface area contributed by atoms with Crippen molar-refractivity contribution in [3.8, 4) is 0 Å². The van der Waals surface area contributed by atoms with Crippen molar-refractivity contribution in [2.75, 3.05) is 33.3 Å². The number of likely N-dealkylation sites (tertiary alicyclic amines) is 1. The van der Waals surface area contributed by atoms with E-state index in [1.165, 1.54) is 6.42 Å². The number of nitrogens with zero attached hydrogens (tertiary/aromatic N) is 1. The Balaban J connectivity index is 2.13. The van der Waals surface area contributed by atoms with Gasteiger partial charge in [0.2, 0.25) is 5.91 Å². The molecule has 0 aromatic heterocycles. The summed E-state index contributed by atoms with van der Waals surface area (Å²) in [6, 6.07) is 0. The van der Waals surface area contributed by atoms with Gasteiger partial charge in [0.05, 0.1) is 6.61 Å². The average Bonchev–Trinajstić information content (AvgIpc) is 2.72. The van der Waals surface area contributed by atoms with Crippen LogP contribution in [-0.4, -0.2) is 50.2 Å². The number of carbonyl (C=O) groups excluding carboxylic acids is 1. The summed E-state index contributed by atoms with van der Waals surface area (Å²) >= 11 is 0. The lowest BCUT2D eigenvalue weighted by Crippen LogP contribution is -2.38. The van der Waals surface area contributed by atoms with Crippen molar-refractivity contribution in [2.45, 2.75) is 25.9 Å². The van der Waals surface area contributed by atoms with Crippen LogP contribution >= 0.6 is 0 Å². The van der Waals surface area contributed by atoms with Crippen LogP contribution in [0, 0.1) is 5.92 Å². The van der Waals surface area contributed by atoms with Gasteiger partial charge in [0.15, 0.2) is 0 Å². The van der Waals surface area contributed by atoms with Gasteiger partial charge < -0.3 is 15.0 Å². The molecule has 0 bridgehead atoms. The van der Waals surface area contributed by atoms with Crippen molar-refractivity contribution in [3.05, 3.63) is 12.7 Å². The normalized spacial score (nSPS) is 22.4. The maximum Gasteiger partial charge on any atom is 0.248 e. The molecule has 17 heavy (non-hydrogen) atoms. The Hall–Kier alpha value is -0.870. The number of carbonyl (C=O) groups is 1. The Morgan fingerprint density at radius 2 is 2.47 bits per heavy atom. The lowest BCUT2D eigenvalue weighted by atomic mass is 10.1. The highest BCUT2D eigenvalue weighted by Crippen LogP contribution is 2.12. The van der Waals surface area contributed by atoms with Crippen LogP contribution in [0.4, 0.5) is 0 Å². The predicted molar refractivity (Wildman–Crippen MR) is 68.8 cm³/mol. The first kappa shape index (κ1) is 14.2. The van der Waals surface area contributed by atoms with Crippen LogP contribution in [-0.2, 0) is 9.53 Å². The standard InChI is InChI=1S/C13H24N2O2/c1-4-5-8-17-11(2)13(16)14-9-12-6-7-15(3)10-12/h4,11-12H,1,5-10H2,2-3H3,(H,14,16)/t11-,12+/m1/s1. The van der Waals surface area contributed by atoms with E-state index in [0.717, 1.165) is 26.1 Å². The summed E-state index contributed by atoms with van der Waals surface area (Å²) in [4.78, 5) is 14.0. The molecule has 1 aliphatic heterocycles. The number of rotatable bonds is 7. The molecule has 4 nitrogen and oxygen atoms in total. The molecule has 98 valence electrons. The fraction of sp³-hybridized carbons (Fsp3) is 0.769. The molecule has 1 saturated heterocycles. The van der Waals surface area contributed by atoms with Crippen LogP contribution in [0.15, 0.2) is 12.7 Å². The second-order valence-corrected chi connectivity index (χ2v) is 4.75. The van der Waals surface area contributed by atoms with Crippen molar-refractivity contribution in [2.24, 2.45) is 5.92 Å². The van der Waals surface area contributed by atoms with Crippen LogP contribution in [0.5, 0.6) is 0 Å². The predicted octanol–water partition coefficient (Wildman–Crippen LogP) is 1.04. The van der Waals surface area contributed by atoms with E-state index in [4.69, 9.17) is 4.74 Å². The monoisotopic (exact) mass is 240 g/mol. The van der Waals surface area contributed by atoms with Gasteiger partial charge in [-0.3, -0.25) is 4.79 Å². The van der Waals surface area contributed by atoms with Gasteiger partial charge in [-0.25, -0.2) is 0 Å². The average molecular weight is 240 g/mol. The highest BCUT2D eigenvalue weighted by Gasteiger charge is 2.21. The molecule has 0 unspecified atom stereocenters. The van der Waals surface area contributed by atoms with Gasteiger partial charge in [-0.15, -0.1) is 6.58 Å². The Bertz CT molecular complexity index is 256. The van der Waals surface area contributed by atoms with Crippen molar-refractivity contribution in [1.82, 2.24) is 10.2 Å². The minimum atomic E-state index is -0.367. The number of hydrogen-bond acceptors (Lipinski definition) is 3. The number of nitrogens with one attached hydrogen (secondary N) is 1. The quantitative estimate of drug-likeness (QED) is 0.534. The first-order valence-corrected chi connectivity index (χ1v) is 6.32. The number of ether oxygens (including phenoxy) is 1. The molecule has 0 radical (unpaired) electrons. The summed E-state index contributed by atoms with van der Waals surface area (Å²) in [7, 11) is 2.11. The summed E-state index contributed by atoms with van der Waals surface area (Å²) < 4.78 is 5.39. The summed E-state index contributed by atoms with van der Waals surface area (Å²) in [5, 5.41) is 2.96. The molecule has 1 amide bonds. The van der Waals surface area contributed by atoms with E-state index in [1.807, 2.05) is 0 Å². The van der Waals surface area contributed by atoms with Crippen molar-refractivity contribution < 1.29 is 9.53 Å². The van der Waals surface area contributed by atoms with Gasteiger partial charge in [0.1, 0.15) is 6.10 Å². The van der Waals surface area contributed by atoms with Crippen LogP contribution < -0.4 is 5.32 Å². The molecular weight excluding hydrogens is 216 g/mol. The fourth-order valence-electron chi connectivity index (χ4n) is 1.99. The first-order chi connectivity index (χ1) is 8.13. The maximum atomic E-state index is 11.7. The number of amides is 1. The topological polar surface area (TPSA) is 41.6 Å². The maximum absolute atomic E-state index is 11.7. The summed E-state index contributed by atoms with van der Waals surface area (Å²) in [5.74, 6) is 0.577. The smallest absolute Gasteiger partial charge is 0.248 e. The Labute approximate surface area is 104 Å². The van der Waals surface area contributed by atoms with E-state index in [0.29, 0.717) is 12.5 Å². The number of hydrogen-bond donors (Lipinski definition) is 1. The minimum Gasteiger partial charge on any atom is -0.368 e. The molecule has 0 saturated carbocycles. The van der Waals surface area contributed by atoms with Gasteiger partial charge in [0.25, 0.3) is 0 Å². The van der Waals surface area contributed by atoms with E-state index in [1.54, 1.807) is 13.0 Å². The molecular formula is C13H24N2O2. The van der Waals surface area contributed by atoms with Gasteiger partial charge in [-0.05, 0) is 39.3 Å². The molecule has 1 heterocycles. The highest BCUT2D eigenvalue weighted by atomic mass is 16.5. The lowest BCUT2D eigenvalue weighted by molar-refractivity contribution is -0.131. The second kappa shape index (κ2) is 7.45. The highest BCUT2D eigenvalue weighted by molar-refractivity contribution is 5.80. The van der Waals surface area contributed by atoms with Crippen molar-refractivity contribution in [1.29, 1.82) is 0 Å². The van der Waals surface area contributed by atoms with Gasteiger partial charge >= 0.3 is 0 Å². The lowest BCUT2D eigenvalue weighted by Gasteiger charge is -2.15. The second-order valence-electron chi connectivity index (χ2n) is 4.75. The molecule has 1 rings (SSSR count). The van der Waals surface area contributed by atoms with Gasteiger partial charge in [-0.2, -0.15) is 0 Å². The largest absolute Gasteiger partial charge is 0.368 e.